The average Bonchev–Trinajstić information content (AvgIpc) is 3.10. The van der Waals surface area contributed by atoms with Gasteiger partial charge in [0.15, 0.2) is 0 Å². The zero-order valence-electron chi connectivity index (χ0n) is 19.0. The highest BCUT2D eigenvalue weighted by Crippen LogP contribution is 2.39. The van der Waals surface area contributed by atoms with Gasteiger partial charge in [-0.3, -0.25) is 14.5 Å². The van der Waals surface area contributed by atoms with E-state index in [-0.39, 0.29) is 18.4 Å². The Balaban J connectivity index is 1.76. The summed E-state index contributed by atoms with van der Waals surface area (Å²) in [7, 11) is 1.55. The van der Waals surface area contributed by atoms with E-state index in [1.807, 2.05) is 30.0 Å². The number of aliphatic hydroxyl groups is 1. The van der Waals surface area contributed by atoms with E-state index in [9.17, 15) is 14.7 Å². The smallest absolute Gasteiger partial charge is 0.282 e. The molecule has 8 nitrogen and oxygen atoms in total. The van der Waals surface area contributed by atoms with Gasteiger partial charge in [-0.15, -0.1) is 0 Å². The maximum atomic E-state index is 13.8. The first-order chi connectivity index (χ1) is 16.1. The summed E-state index contributed by atoms with van der Waals surface area (Å²) in [5.74, 6) is 0.395. The van der Waals surface area contributed by atoms with Gasteiger partial charge in [0, 0.05) is 44.4 Å². The quantitative estimate of drug-likeness (QED) is 0.615. The molecule has 4 rings (SSSR count). The molecule has 0 unspecified atom stereocenters. The largest absolute Gasteiger partial charge is 0.496 e. The summed E-state index contributed by atoms with van der Waals surface area (Å²) in [4.78, 5) is 32.8. The lowest BCUT2D eigenvalue weighted by Gasteiger charge is -2.36. The van der Waals surface area contributed by atoms with Crippen molar-refractivity contribution in [2.75, 3.05) is 57.9 Å². The van der Waals surface area contributed by atoms with Gasteiger partial charge in [0.05, 0.1) is 31.6 Å². The summed E-state index contributed by atoms with van der Waals surface area (Å²) >= 11 is 0. The number of amides is 2. The van der Waals surface area contributed by atoms with Crippen LogP contribution in [-0.4, -0.2) is 79.8 Å². The number of β-amino-alcohol motifs (C(OH)–C–C–N with tert-alkyl or cyclic N) is 1. The van der Waals surface area contributed by atoms with E-state index < -0.39 is 0 Å². The van der Waals surface area contributed by atoms with Gasteiger partial charge in [0.1, 0.15) is 17.2 Å². The predicted octanol–water partition coefficient (Wildman–Crippen LogP) is 1.99. The molecule has 1 N–H and O–H groups in total. The molecule has 2 aromatic rings. The lowest BCUT2D eigenvalue weighted by Crippen LogP contribution is -2.48. The number of piperazine rings is 1. The molecule has 2 aliphatic heterocycles. The fourth-order valence-electron chi connectivity index (χ4n) is 4.36. The molecular formula is C25H29N3O5. The first-order valence-electron chi connectivity index (χ1n) is 11.2. The molecular weight excluding hydrogens is 422 g/mol. The highest BCUT2D eigenvalue weighted by atomic mass is 16.5. The molecule has 2 aromatic carbocycles. The maximum absolute atomic E-state index is 13.8. The molecule has 174 valence electrons. The Morgan fingerprint density at radius 1 is 0.970 bits per heavy atom. The first kappa shape index (κ1) is 22.8. The van der Waals surface area contributed by atoms with Crippen LogP contribution in [0.1, 0.15) is 12.5 Å². The van der Waals surface area contributed by atoms with Crippen molar-refractivity contribution in [3.63, 3.8) is 0 Å². The van der Waals surface area contributed by atoms with E-state index in [0.717, 1.165) is 0 Å². The highest BCUT2D eigenvalue weighted by Gasteiger charge is 2.44. The number of carbonyl (C=O) groups is 2. The molecule has 2 heterocycles. The molecule has 0 aliphatic carbocycles. The fourth-order valence-corrected chi connectivity index (χ4v) is 4.36. The van der Waals surface area contributed by atoms with Crippen LogP contribution in [0, 0.1) is 0 Å². The Morgan fingerprint density at radius 3 is 2.42 bits per heavy atom. The second-order valence-corrected chi connectivity index (χ2v) is 7.85. The summed E-state index contributed by atoms with van der Waals surface area (Å²) in [6.45, 7) is 5.62. The van der Waals surface area contributed by atoms with Crippen molar-refractivity contribution in [2.24, 2.45) is 0 Å². The van der Waals surface area contributed by atoms with Gasteiger partial charge in [0.25, 0.3) is 11.8 Å². The van der Waals surface area contributed by atoms with Gasteiger partial charge in [-0.25, -0.2) is 4.90 Å². The number of hydrogen-bond acceptors (Lipinski definition) is 7. The number of ether oxygens (including phenoxy) is 2. The van der Waals surface area contributed by atoms with Crippen LogP contribution in [0.5, 0.6) is 11.5 Å². The number of benzene rings is 2. The van der Waals surface area contributed by atoms with Crippen molar-refractivity contribution in [3.8, 4) is 11.5 Å². The summed E-state index contributed by atoms with van der Waals surface area (Å²) in [5.41, 5.74) is 1.79. The third-order valence-corrected chi connectivity index (χ3v) is 5.93. The molecule has 2 amide bonds. The molecule has 0 spiro atoms. The molecule has 0 saturated carbocycles. The van der Waals surface area contributed by atoms with Gasteiger partial charge >= 0.3 is 0 Å². The lowest BCUT2D eigenvalue weighted by molar-refractivity contribution is -0.120. The normalized spacial score (nSPS) is 17.2. The van der Waals surface area contributed by atoms with Crippen molar-refractivity contribution in [1.82, 2.24) is 9.80 Å². The number of nitrogens with zero attached hydrogens (tertiary/aromatic N) is 3. The van der Waals surface area contributed by atoms with Crippen molar-refractivity contribution in [3.05, 3.63) is 59.8 Å². The number of rotatable bonds is 8. The maximum Gasteiger partial charge on any atom is 0.282 e. The summed E-state index contributed by atoms with van der Waals surface area (Å²) in [6, 6.07) is 14.3. The molecule has 2 aliphatic rings. The second-order valence-electron chi connectivity index (χ2n) is 7.85. The zero-order chi connectivity index (χ0) is 23.4. The van der Waals surface area contributed by atoms with Gasteiger partial charge in [-0.1, -0.05) is 24.3 Å². The third-order valence-electron chi connectivity index (χ3n) is 5.93. The third kappa shape index (κ3) is 4.44. The number of anilines is 1. The molecule has 8 heteroatoms. The van der Waals surface area contributed by atoms with Crippen LogP contribution in [-0.2, 0) is 9.59 Å². The van der Waals surface area contributed by atoms with Crippen LogP contribution >= 0.6 is 0 Å². The molecule has 0 bridgehead atoms. The van der Waals surface area contributed by atoms with E-state index in [2.05, 4.69) is 4.90 Å². The summed E-state index contributed by atoms with van der Waals surface area (Å²) < 4.78 is 11.1. The van der Waals surface area contributed by atoms with Crippen molar-refractivity contribution < 1.29 is 24.2 Å². The molecule has 0 atom stereocenters. The van der Waals surface area contributed by atoms with Crippen molar-refractivity contribution in [1.29, 1.82) is 0 Å². The van der Waals surface area contributed by atoms with Crippen LogP contribution in [0.4, 0.5) is 5.69 Å². The number of methoxy groups -OCH3 is 1. The van der Waals surface area contributed by atoms with Gasteiger partial charge in [-0.2, -0.15) is 0 Å². The van der Waals surface area contributed by atoms with Crippen LogP contribution < -0.4 is 14.4 Å². The van der Waals surface area contributed by atoms with Crippen LogP contribution in [0.15, 0.2) is 54.2 Å². The Hall–Kier alpha value is -3.36. The molecule has 0 aromatic heterocycles. The Kier molecular flexibility index (Phi) is 6.96. The number of imide groups is 1. The molecule has 1 saturated heterocycles. The Bertz CT molecular complexity index is 1060. The number of para-hydroxylation sites is 1. The van der Waals surface area contributed by atoms with E-state index in [0.29, 0.717) is 73.4 Å². The second kappa shape index (κ2) is 10.1. The van der Waals surface area contributed by atoms with E-state index in [4.69, 9.17) is 9.47 Å². The van der Waals surface area contributed by atoms with Gasteiger partial charge in [-0.05, 0) is 25.1 Å². The average molecular weight is 452 g/mol. The van der Waals surface area contributed by atoms with Crippen LogP contribution in [0.25, 0.3) is 5.57 Å². The Morgan fingerprint density at radius 2 is 1.73 bits per heavy atom. The predicted molar refractivity (Wildman–Crippen MR) is 125 cm³/mol. The molecule has 0 radical (unpaired) electrons. The van der Waals surface area contributed by atoms with Crippen LogP contribution in [0.2, 0.25) is 0 Å². The fraction of sp³-hybridized carbons (Fsp3) is 0.360. The lowest BCUT2D eigenvalue weighted by atomic mass is 10.0. The van der Waals surface area contributed by atoms with Crippen LogP contribution in [0.3, 0.4) is 0 Å². The number of carbonyl (C=O) groups excluding carboxylic acids is 2. The summed E-state index contributed by atoms with van der Waals surface area (Å²) in [5, 5.41) is 9.25. The van der Waals surface area contributed by atoms with Crippen molar-refractivity contribution >= 4 is 23.1 Å². The van der Waals surface area contributed by atoms with E-state index in [1.54, 1.807) is 37.4 Å². The van der Waals surface area contributed by atoms with E-state index >= 15 is 0 Å². The molecule has 33 heavy (non-hydrogen) atoms. The SMILES string of the molecule is CCOc1cccc(N2C(=O)C(c3ccccc3OC)=C(N3CCN(CCO)CC3)C2=O)c1. The summed E-state index contributed by atoms with van der Waals surface area (Å²) in [6.07, 6.45) is 0. The van der Waals surface area contributed by atoms with Crippen molar-refractivity contribution in [2.45, 2.75) is 6.92 Å². The topological polar surface area (TPSA) is 82.6 Å². The minimum absolute atomic E-state index is 0.0938. The zero-order valence-corrected chi connectivity index (χ0v) is 19.0. The standard InChI is InChI=1S/C25H29N3O5/c1-3-33-19-8-6-7-18(17-19)28-24(30)22(20-9-4-5-10-21(20)32-2)23(25(28)31)27-13-11-26(12-14-27)15-16-29/h4-10,17,29H,3,11-16H2,1-2H3. The number of hydrogen-bond donors (Lipinski definition) is 1. The van der Waals surface area contributed by atoms with E-state index in [1.165, 1.54) is 4.90 Å². The minimum Gasteiger partial charge on any atom is -0.496 e. The Labute approximate surface area is 193 Å². The monoisotopic (exact) mass is 451 g/mol. The minimum atomic E-state index is -0.383. The number of aliphatic hydroxyl groups excluding tert-OH is 1. The first-order valence-corrected chi connectivity index (χ1v) is 11.2. The highest BCUT2D eigenvalue weighted by molar-refractivity contribution is 6.45. The molecule has 1 fully saturated rings. The van der Waals surface area contributed by atoms with Gasteiger partial charge in [0.2, 0.25) is 0 Å². The van der Waals surface area contributed by atoms with Gasteiger partial charge < -0.3 is 19.5 Å².